The van der Waals surface area contributed by atoms with Crippen LogP contribution in [0.2, 0.25) is 0 Å². The Hall–Kier alpha value is -3.11. The van der Waals surface area contributed by atoms with Crippen molar-refractivity contribution < 1.29 is 19.1 Å². The molecule has 0 aliphatic rings. The molecule has 0 atom stereocenters. The van der Waals surface area contributed by atoms with Crippen molar-refractivity contribution in [2.24, 2.45) is 0 Å². The number of benzene rings is 2. The normalized spacial score (nSPS) is 10.7. The highest BCUT2D eigenvalue weighted by molar-refractivity contribution is 9.10. The quantitative estimate of drug-likeness (QED) is 0.320. The number of ether oxygens (including phenoxy) is 2. The summed E-state index contributed by atoms with van der Waals surface area (Å²) >= 11 is 3.32. The Balaban J connectivity index is 2.26. The van der Waals surface area contributed by atoms with Gasteiger partial charge in [-0.3, -0.25) is 9.59 Å². The van der Waals surface area contributed by atoms with Crippen molar-refractivity contribution in [1.82, 2.24) is 0 Å². The summed E-state index contributed by atoms with van der Waals surface area (Å²) in [5, 5.41) is 12.0. The van der Waals surface area contributed by atoms with Crippen LogP contribution in [0, 0.1) is 11.3 Å². The predicted molar refractivity (Wildman–Crippen MR) is 105 cm³/mol. The van der Waals surface area contributed by atoms with E-state index in [4.69, 9.17) is 9.47 Å². The summed E-state index contributed by atoms with van der Waals surface area (Å²) in [5.74, 6) is -0.362. The second-order valence-corrected chi connectivity index (χ2v) is 6.28. The molecule has 0 saturated heterocycles. The zero-order valence-electron chi connectivity index (χ0n) is 14.8. The molecule has 0 aliphatic heterocycles. The molecule has 27 heavy (non-hydrogen) atoms. The molecule has 1 N–H and O–H groups in total. The Morgan fingerprint density at radius 3 is 2.48 bits per heavy atom. The number of carbonyl (C=O) groups is 2. The summed E-state index contributed by atoms with van der Waals surface area (Å²) in [6, 6.07) is 13.7. The molecule has 138 valence electrons. The van der Waals surface area contributed by atoms with Crippen LogP contribution in [-0.2, 0) is 9.59 Å². The summed E-state index contributed by atoms with van der Waals surface area (Å²) in [7, 11) is 0. The number of hydrogen-bond acceptors (Lipinski definition) is 5. The van der Waals surface area contributed by atoms with Crippen LogP contribution in [-0.4, -0.2) is 18.5 Å². The number of esters is 1. The number of amides is 1. The van der Waals surface area contributed by atoms with Gasteiger partial charge in [0.2, 0.25) is 0 Å². The second-order valence-electron chi connectivity index (χ2n) is 5.36. The predicted octanol–water partition coefficient (Wildman–Crippen LogP) is 4.32. The summed E-state index contributed by atoms with van der Waals surface area (Å²) in [5.41, 5.74) is 1.07. The van der Waals surface area contributed by atoms with Crippen molar-refractivity contribution in [3.8, 4) is 17.6 Å². The largest absolute Gasteiger partial charge is 0.490 e. The van der Waals surface area contributed by atoms with Gasteiger partial charge < -0.3 is 14.8 Å². The van der Waals surface area contributed by atoms with Crippen molar-refractivity contribution in [2.75, 3.05) is 11.9 Å². The fourth-order valence-electron chi connectivity index (χ4n) is 2.17. The third-order valence-corrected chi connectivity index (χ3v) is 3.83. The summed E-state index contributed by atoms with van der Waals surface area (Å²) in [6.45, 7) is 3.47. The maximum Gasteiger partial charge on any atom is 0.308 e. The van der Waals surface area contributed by atoms with Gasteiger partial charge in [-0.05, 0) is 55.0 Å². The van der Waals surface area contributed by atoms with Crippen molar-refractivity contribution in [1.29, 1.82) is 5.26 Å². The van der Waals surface area contributed by atoms with Crippen LogP contribution in [0.15, 0.2) is 52.5 Å². The fourth-order valence-corrected chi connectivity index (χ4v) is 2.43. The number of nitrogens with one attached hydrogen (secondary N) is 1. The monoisotopic (exact) mass is 428 g/mol. The minimum absolute atomic E-state index is 0.0689. The van der Waals surface area contributed by atoms with Crippen molar-refractivity contribution >= 4 is 39.6 Å². The lowest BCUT2D eigenvalue weighted by molar-refractivity contribution is -0.132. The van der Waals surface area contributed by atoms with Gasteiger partial charge in [-0.2, -0.15) is 5.26 Å². The minimum atomic E-state index is -0.526. The van der Waals surface area contributed by atoms with Crippen LogP contribution >= 0.6 is 15.9 Å². The van der Waals surface area contributed by atoms with E-state index >= 15 is 0 Å². The Morgan fingerprint density at radius 2 is 1.89 bits per heavy atom. The third kappa shape index (κ3) is 5.97. The molecule has 0 bridgehead atoms. The molecular weight excluding hydrogens is 412 g/mol. The fraction of sp³-hybridized carbons (Fsp3) is 0.150. The van der Waals surface area contributed by atoms with E-state index < -0.39 is 11.9 Å². The Kier molecular flexibility index (Phi) is 7.15. The molecular formula is C20H17BrN2O4. The van der Waals surface area contributed by atoms with Crippen LogP contribution in [0.25, 0.3) is 6.08 Å². The minimum Gasteiger partial charge on any atom is -0.490 e. The average Bonchev–Trinajstić information content (AvgIpc) is 2.63. The van der Waals surface area contributed by atoms with Gasteiger partial charge in [0.1, 0.15) is 11.6 Å². The first-order valence-corrected chi connectivity index (χ1v) is 8.86. The van der Waals surface area contributed by atoms with Gasteiger partial charge in [-0.1, -0.05) is 22.0 Å². The molecule has 2 aromatic carbocycles. The third-order valence-electron chi connectivity index (χ3n) is 3.30. The van der Waals surface area contributed by atoms with E-state index in [-0.39, 0.29) is 11.3 Å². The summed E-state index contributed by atoms with van der Waals surface area (Å²) in [6.07, 6.45) is 1.44. The van der Waals surface area contributed by atoms with Crippen LogP contribution in [0.4, 0.5) is 5.69 Å². The van der Waals surface area contributed by atoms with E-state index in [0.29, 0.717) is 23.6 Å². The molecule has 2 rings (SSSR count). The maximum atomic E-state index is 12.3. The van der Waals surface area contributed by atoms with Crippen molar-refractivity contribution in [2.45, 2.75) is 13.8 Å². The number of nitriles is 1. The Labute approximate surface area is 165 Å². The Bertz CT molecular complexity index is 915. The lowest BCUT2D eigenvalue weighted by Gasteiger charge is -2.10. The van der Waals surface area contributed by atoms with Crippen LogP contribution in [0.3, 0.4) is 0 Å². The molecule has 0 aliphatic carbocycles. The molecule has 0 radical (unpaired) electrons. The van der Waals surface area contributed by atoms with Gasteiger partial charge in [0.15, 0.2) is 11.5 Å². The smallest absolute Gasteiger partial charge is 0.308 e. The summed E-state index contributed by atoms with van der Waals surface area (Å²) in [4.78, 5) is 23.5. The van der Waals surface area contributed by atoms with Crippen LogP contribution in [0.1, 0.15) is 19.4 Å². The first kappa shape index (κ1) is 20.2. The van der Waals surface area contributed by atoms with Gasteiger partial charge >= 0.3 is 5.97 Å². The maximum absolute atomic E-state index is 12.3. The average molecular weight is 429 g/mol. The number of nitrogens with zero attached hydrogens (tertiary/aromatic N) is 1. The highest BCUT2D eigenvalue weighted by Gasteiger charge is 2.12. The Morgan fingerprint density at radius 1 is 1.19 bits per heavy atom. The highest BCUT2D eigenvalue weighted by atomic mass is 79.9. The van der Waals surface area contributed by atoms with Gasteiger partial charge in [-0.25, -0.2) is 0 Å². The zero-order valence-corrected chi connectivity index (χ0v) is 16.4. The van der Waals surface area contributed by atoms with E-state index in [1.807, 2.05) is 6.07 Å². The lowest BCUT2D eigenvalue weighted by atomic mass is 10.1. The summed E-state index contributed by atoms with van der Waals surface area (Å²) < 4.78 is 11.4. The van der Waals surface area contributed by atoms with Gasteiger partial charge in [-0.15, -0.1) is 0 Å². The van der Waals surface area contributed by atoms with Crippen LogP contribution in [0.5, 0.6) is 11.5 Å². The van der Waals surface area contributed by atoms with E-state index in [1.54, 1.807) is 49.4 Å². The van der Waals surface area contributed by atoms with Gasteiger partial charge in [0, 0.05) is 17.1 Å². The zero-order chi connectivity index (χ0) is 19.8. The SMILES string of the molecule is CCOc1cc(C=C(C#N)C(=O)Nc2ccc(Br)cc2)ccc1OC(C)=O. The molecule has 2 aromatic rings. The molecule has 0 spiro atoms. The number of rotatable bonds is 6. The van der Waals surface area contributed by atoms with E-state index in [0.717, 1.165) is 4.47 Å². The molecule has 0 unspecified atom stereocenters. The topological polar surface area (TPSA) is 88.4 Å². The first-order chi connectivity index (χ1) is 12.9. The van der Waals surface area contributed by atoms with E-state index in [2.05, 4.69) is 21.2 Å². The second kappa shape index (κ2) is 9.55. The molecule has 6 nitrogen and oxygen atoms in total. The van der Waals surface area contributed by atoms with Crippen LogP contribution < -0.4 is 14.8 Å². The van der Waals surface area contributed by atoms with Crippen molar-refractivity contribution in [3.05, 3.63) is 58.1 Å². The molecule has 0 aromatic heterocycles. The molecule has 0 heterocycles. The van der Waals surface area contributed by atoms with Gasteiger partial charge in [0.25, 0.3) is 5.91 Å². The standard InChI is InChI=1S/C20H17BrN2O4/c1-3-26-19-11-14(4-9-18(19)27-13(2)24)10-15(12-22)20(25)23-17-7-5-16(21)6-8-17/h4-11H,3H2,1-2H3,(H,23,25). The number of anilines is 1. The molecule has 0 saturated carbocycles. The number of hydrogen-bond donors (Lipinski definition) is 1. The molecule has 1 amide bonds. The first-order valence-electron chi connectivity index (χ1n) is 8.07. The van der Waals surface area contributed by atoms with E-state index in [1.165, 1.54) is 13.0 Å². The lowest BCUT2D eigenvalue weighted by Crippen LogP contribution is -2.13. The number of halogens is 1. The van der Waals surface area contributed by atoms with Crippen molar-refractivity contribution in [3.63, 3.8) is 0 Å². The highest BCUT2D eigenvalue weighted by Crippen LogP contribution is 2.29. The van der Waals surface area contributed by atoms with E-state index in [9.17, 15) is 14.9 Å². The molecule has 0 fully saturated rings. The number of carbonyl (C=O) groups excluding carboxylic acids is 2. The van der Waals surface area contributed by atoms with Gasteiger partial charge in [0.05, 0.1) is 6.61 Å². The molecule has 7 heteroatoms.